The lowest BCUT2D eigenvalue weighted by molar-refractivity contribution is -0.121. The molecule has 1 aromatic carbocycles. The summed E-state index contributed by atoms with van der Waals surface area (Å²) in [6.07, 6.45) is 1.16. The van der Waals surface area contributed by atoms with E-state index in [0.29, 0.717) is 26.0 Å². The van der Waals surface area contributed by atoms with Gasteiger partial charge in [0.2, 0.25) is 5.91 Å². The number of aromatic nitrogens is 1. The van der Waals surface area contributed by atoms with Gasteiger partial charge in [0.05, 0.1) is 23.9 Å². The predicted octanol–water partition coefficient (Wildman–Crippen LogP) is 4.22. The average molecular weight is 346 g/mol. The molecule has 1 N–H and O–H groups in total. The van der Waals surface area contributed by atoms with E-state index in [0.717, 1.165) is 16.5 Å². The van der Waals surface area contributed by atoms with Crippen LogP contribution in [0.5, 0.6) is 5.75 Å². The summed E-state index contributed by atoms with van der Waals surface area (Å²) in [6.45, 7) is 9.56. The van der Waals surface area contributed by atoms with Gasteiger partial charge < -0.3 is 10.1 Å². The van der Waals surface area contributed by atoms with Crippen LogP contribution in [0.3, 0.4) is 0 Å². The molecule has 24 heavy (non-hydrogen) atoms. The fourth-order valence-electron chi connectivity index (χ4n) is 2.24. The highest BCUT2D eigenvalue weighted by Crippen LogP contribution is 2.24. The second kappa shape index (κ2) is 8.29. The van der Waals surface area contributed by atoms with Crippen molar-refractivity contribution in [3.63, 3.8) is 0 Å². The van der Waals surface area contributed by atoms with Gasteiger partial charge in [0.15, 0.2) is 0 Å². The van der Waals surface area contributed by atoms with Crippen LogP contribution < -0.4 is 10.1 Å². The normalized spacial score (nSPS) is 11.3. The minimum atomic E-state index is 0.0346. The van der Waals surface area contributed by atoms with Crippen molar-refractivity contribution in [2.75, 3.05) is 6.61 Å². The fraction of sp³-hybridized carbons (Fsp3) is 0.474. The SMILES string of the molecule is Cc1nc(CNC(=O)CCCOc2ccc(C(C)(C)C)cc2)cs1. The molecule has 2 rings (SSSR count). The summed E-state index contributed by atoms with van der Waals surface area (Å²) >= 11 is 1.60. The number of hydrogen-bond acceptors (Lipinski definition) is 4. The first-order valence-corrected chi connectivity index (χ1v) is 9.13. The van der Waals surface area contributed by atoms with Gasteiger partial charge in [-0.1, -0.05) is 32.9 Å². The molecule has 0 atom stereocenters. The van der Waals surface area contributed by atoms with Gasteiger partial charge in [-0.15, -0.1) is 11.3 Å². The summed E-state index contributed by atoms with van der Waals surface area (Å²) in [4.78, 5) is 16.1. The van der Waals surface area contributed by atoms with E-state index in [9.17, 15) is 4.79 Å². The molecule has 0 saturated heterocycles. The summed E-state index contributed by atoms with van der Waals surface area (Å²) in [5.41, 5.74) is 2.35. The van der Waals surface area contributed by atoms with Crippen molar-refractivity contribution < 1.29 is 9.53 Å². The van der Waals surface area contributed by atoms with E-state index in [4.69, 9.17) is 4.74 Å². The van der Waals surface area contributed by atoms with Crippen molar-refractivity contribution in [1.29, 1.82) is 0 Å². The quantitative estimate of drug-likeness (QED) is 0.764. The standard InChI is InChI=1S/C19H26N2O2S/c1-14-21-16(13-24-14)12-20-18(22)6-5-11-23-17-9-7-15(8-10-17)19(2,3)4/h7-10,13H,5-6,11-12H2,1-4H3,(H,20,22). The molecule has 5 heteroatoms. The highest BCUT2D eigenvalue weighted by Gasteiger charge is 2.12. The molecule has 0 saturated carbocycles. The molecule has 130 valence electrons. The number of benzene rings is 1. The largest absolute Gasteiger partial charge is 0.494 e. The molecule has 0 aliphatic carbocycles. The molecular weight excluding hydrogens is 320 g/mol. The van der Waals surface area contributed by atoms with Crippen molar-refractivity contribution >= 4 is 17.2 Å². The Bertz CT molecular complexity index is 657. The first kappa shape index (κ1) is 18.5. The van der Waals surface area contributed by atoms with Gasteiger partial charge in [-0.05, 0) is 36.5 Å². The Morgan fingerprint density at radius 3 is 2.54 bits per heavy atom. The summed E-state index contributed by atoms with van der Waals surface area (Å²) in [7, 11) is 0. The Labute approximate surface area is 148 Å². The van der Waals surface area contributed by atoms with E-state index in [2.05, 4.69) is 43.2 Å². The van der Waals surface area contributed by atoms with E-state index in [1.807, 2.05) is 24.4 Å². The zero-order valence-corrected chi connectivity index (χ0v) is 15.7. The monoisotopic (exact) mass is 346 g/mol. The summed E-state index contributed by atoms with van der Waals surface area (Å²) in [5, 5.41) is 5.88. The van der Waals surface area contributed by atoms with E-state index in [1.54, 1.807) is 11.3 Å². The molecule has 0 spiro atoms. The Kier molecular flexibility index (Phi) is 6.37. The third-order valence-corrected chi connectivity index (χ3v) is 4.49. The summed E-state index contributed by atoms with van der Waals surface area (Å²) in [6, 6.07) is 8.17. The topological polar surface area (TPSA) is 51.2 Å². The molecule has 0 fully saturated rings. The van der Waals surface area contributed by atoms with Gasteiger partial charge in [0.1, 0.15) is 5.75 Å². The minimum Gasteiger partial charge on any atom is -0.494 e. The van der Waals surface area contributed by atoms with Crippen LogP contribution in [0, 0.1) is 6.92 Å². The first-order chi connectivity index (χ1) is 11.3. The summed E-state index contributed by atoms with van der Waals surface area (Å²) in [5.74, 6) is 0.883. The van der Waals surface area contributed by atoms with E-state index in [1.165, 1.54) is 5.56 Å². The highest BCUT2D eigenvalue weighted by atomic mass is 32.1. The Morgan fingerprint density at radius 1 is 1.25 bits per heavy atom. The van der Waals surface area contributed by atoms with Crippen LogP contribution in [0.1, 0.15) is 49.9 Å². The minimum absolute atomic E-state index is 0.0346. The number of carbonyl (C=O) groups excluding carboxylic acids is 1. The number of aryl methyl sites for hydroxylation is 1. The Balaban J connectivity index is 1.64. The maximum atomic E-state index is 11.8. The van der Waals surface area contributed by atoms with Crippen LogP contribution >= 0.6 is 11.3 Å². The number of carbonyl (C=O) groups is 1. The first-order valence-electron chi connectivity index (χ1n) is 8.25. The summed E-state index contributed by atoms with van der Waals surface area (Å²) < 4.78 is 5.70. The van der Waals surface area contributed by atoms with Crippen LogP contribution in [0.15, 0.2) is 29.6 Å². The predicted molar refractivity (Wildman–Crippen MR) is 98.6 cm³/mol. The molecule has 0 aliphatic rings. The second-order valence-electron chi connectivity index (χ2n) is 6.86. The average Bonchev–Trinajstić information content (AvgIpc) is 2.95. The van der Waals surface area contributed by atoms with Crippen molar-refractivity contribution in [3.8, 4) is 5.75 Å². The van der Waals surface area contributed by atoms with Crippen LogP contribution in [0.2, 0.25) is 0 Å². The van der Waals surface area contributed by atoms with Crippen LogP contribution in [0.4, 0.5) is 0 Å². The van der Waals surface area contributed by atoms with Gasteiger partial charge in [-0.25, -0.2) is 4.98 Å². The second-order valence-corrected chi connectivity index (χ2v) is 7.92. The number of hydrogen-bond donors (Lipinski definition) is 1. The number of nitrogens with one attached hydrogen (secondary N) is 1. The molecule has 1 heterocycles. The van der Waals surface area contributed by atoms with Gasteiger partial charge >= 0.3 is 0 Å². The number of amides is 1. The zero-order chi connectivity index (χ0) is 17.6. The van der Waals surface area contributed by atoms with Gasteiger partial charge in [0, 0.05) is 11.8 Å². The molecule has 4 nitrogen and oxygen atoms in total. The van der Waals surface area contributed by atoms with E-state index >= 15 is 0 Å². The maximum absolute atomic E-state index is 11.8. The van der Waals surface area contributed by atoms with Crippen LogP contribution in [0.25, 0.3) is 0 Å². The maximum Gasteiger partial charge on any atom is 0.220 e. The molecule has 0 radical (unpaired) electrons. The number of thiazole rings is 1. The Hall–Kier alpha value is -1.88. The van der Waals surface area contributed by atoms with E-state index < -0.39 is 0 Å². The number of rotatable bonds is 7. The van der Waals surface area contributed by atoms with E-state index in [-0.39, 0.29) is 11.3 Å². The van der Waals surface area contributed by atoms with Gasteiger partial charge in [-0.2, -0.15) is 0 Å². The zero-order valence-electron chi connectivity index (χ0n) is 14.9. The highest BCUT2D eigenvalue weighted by molar-refractivity contribution is 7.09. The third kappa shape index (κ3) is 5.96. The smallest absolute Gasteiger partial charge is 0.220 e. The number of ether oxygens (including phenoxy) is 1. The van der Waals surface area contributed by atoms with Crippen molar-refractivity contribution in [3.05, 3.63) is 45.9 Å². The fourth-order valence-corrected chi connectivity index (χ4v) is 2.85. The molecule has 0 unspecified atom stereocenters. The molecule has 1 aromatic heterocycles. The molecule has 0 aliphatic heterocycles. The Morgan fingerprint density at radius 2 is 1.96 bits per heavy atom. The molecular formula is C19H26N2O2S. The molecule has 0 bridgehead atoms. The lowest BCUT2D eigenvalue weighted by atomic mass is 9.87. The van der Waals surface area contributed by atoms with Gasteiger partial charge in [0.25, 0.3) is 0 Å². The van der Waals surface area contributed by atoms with Crippen molar-refractivity contribution in [2.45, 2.75) is 52.5 Å². The van der Waals surface area contributed by atoms with Crippen LogP contribution in [-0.2, 0) is 16.8 Å². The lowest BCUT2D eigenvalue weighted by Crippen LogP contribution is -2.23. The van der Waals surface area contributed by atoms with Crippen LogP contribution in [-0.4, -0.2) is 17.5 Å². The van der Waals surface area contributed by atoms with Crippen molar-refractivity contribution in [2.24, 2.45) is 0 Å². The van der Waals surface area contributed by atoms with Crippen molar-refractivity contribution in [1.82, 2.24) is 10.3 Å². The number of nitrogens with zero attached hydrogens (tertiary/aromatic N) is 1. The lowest BCUT2D eigenvalue weighted by Gasteiger charge is -2.19. The third-order valence-electron chi connectivity index (χ3n) is 3.67. The van der Waals surface area contributed by atoms with Gasteiger partial charge in [-0.3, -0.25) is 4.79 Å². The molecule has 2 aromatic rings. The molecule has 1 amide bonds.